The second kappa shape index (κ2) is 9.39. The molecule has 0 bridgehead atoms. The van der Waals surface area contributed by atoms with E-state index >= 15 is 0 Å². The second-order valence-corrected chi connectivity index (χ2v) is 12.1. The number of benzene rings is 3. The highest BCUT2D eigenvalue weighted by Crippen LogP contribution is 2.70. The maximum Gasteiger partial charge on any atom is 0.264 e. The van der Waals surface area contributed by atoms with Gasteiger partial charge in [0.1, 0.15) is 5.82 Å². The highest BCUT2D eigenvalue weighted by atomic mass is 32.2. The number of rotatable bonds is 8. The van der Waals surface area contributed by atoms with Gasteiger partial charge in [0.2, 0.25) is 5.03 Å². The molecule has 3 aromatic carbocycles. The molecule has 6 rings (SSSR count). The lowest BCUT2D eigenvalue weighted by Gasteiger charge is -2.25. The van der Waals surface area contributed by atoms with Crippen LogP contribution in [0, 0.1) is 24.1 Å². The van der Waals surface area contributed by atoms with Crippen molar-refractivity contribution < 1.29 is 12.8 Å². The number of sulfonamides is 1. The van der Waals surface area contributed by atoms with Gasteiger partial charge in [0.25, 0.3) is 10.0 Å². The number of nitrogens with zero attached hydrogens (tertiary/aromatic N) is 4. The number of halogens is 1. The summed E-state index contributed by atoms with van der Waals surface area (Å²) in [6.07, 6.45) is 2.62. The van der Waals surface area contributed by atoms with E-state index in [0.29, 0.717) is 25.2 Å². The average Bonchev–Trinajstić information content (AvgIpc) is 3.26. The van der Waals surface area contributed by atoms with E-state index in [0.717, 1.165) is 22.5 Å². The lowest BCUT2D eigenvalue weighted by molar-refractivity contribution is 0.417. The summed E-state index contributed by atoms with van der Waals surface area (Å²) in [6.45, 7) is 5.08. The zero-order chi connectivity index (χ0) is 27.4. The molecule has 200 valence electrons. The van der Waals surface area contributed by atoms with Crippen molar-refractivity contribution in [2.75, 3.05) is 18.4 Å². The number of piperidine rings is 1. The Hall–Kier alpha value is -3.89. The van der Waals surface area contributed by atoms with E-state index < -0.39 is 15.4 Å². The molecule has 39 heavy (non-hydrogen) atoms. The molecule has 8 nitrogen and oxygen atoms in total. The van der Waals surface area contributed by atoms with Gasteiger partial charge in [-0.1, -0.05) is 30.3 Å². The first kappa shape index (κ1) is 25.4. The molecule has 2 N–H and O–H groups in total. The maximum atomic E-state index is 13.6. The summed E-state index contributed by atoms with van der Waals surface area (Å²) in [5.74, 6) is -0.0723. The van der Waals surface area contributed by atoms with Crippen LogP contribution in [-0.2, 0) is 22.0 Å². The molecule has 2 fully saturated rings. The smallest absolute Gasteiger partial charge is 0.264 e. The van der Waals surface area contributed by atoms with Gasteiger partial charge in [-0.3, -0.25) is 0 Å². The minimum atomic E-state index is -3.81. The minimum Gasteiger partial charge on any atom is -0.355 e. The number of aromatic nitrogens is 3. The van der Waals surface area contributed by atoms with Crippen LogP contribution >= 0.6 is 0 Å². The summed E-state index contributed by atoms with van der Waals surface area (Å²) in [6, 6.07) is 20.3. The molecule has 4 aromatic rings. The van der Waals surface area contributed by atoms with Crippen LogP contribution in [0.4, 0.5) is 15.8 Å². The molecular weight excluding hydrogens is 515 g/mol. The Morgan fingerprint density at radius 2 is 1.90 bits per heavy atom. The maximum absolute atomic E-state index is 13.6. The second-order valence-electron chi connectivity index (χ2n) is 10.2. The minimum absolute atomic E-state index is 0.0344. The predicted molar refractivity (Wildman–Crippen MR) is 148 cm³/mol. The van der Waals surface area contributed by atoms with Crippen molar-refractivity contribution in [3.8, 4) is 0 Å². The first-order valence-corrected chi connectivity index (χ1v) is 14.4. The number of nitrogens with one attached hydrogen (secondary N) is 2. The lowest BCUT2D eigenvalue weighted by atomic mass is 9.86. The van der Waals surface area contributed by atoms with Gasteiger partial charge in [0, 0.05) is 47.6 Å². The van der Waals surface area contributed by atoms with Crippen LogP contribution in [0.5, 0.6) is 0 Å². The molecule has 1 saturated heterocycles. The van der Waals surface area contributed by atoms with Gasteiger partial charge < -0.3 is 10.7 Å². The van der Waals surface area contributed by atoms with E-state index in [-0.39, 0.29) is 22.7 Å². The lowest BCUT2D eigenvalue weighted by Crippen LogP contribution is -2.35. The SMILES string of the molecule is CCn1ncc(S(=O)(=O)N2C[C@@H]3[C@@H](c4ccccc4)[C@]3(c3cc(C=N)c(Nc4ccc(F)cc4)cc3C)C2)n1. The van der Waals surface area contributed by atoms with Crippen LogP contribution in [0.25, 0.3) is 0 Å². The molecule has 0 unspecified atom stereocenters. The van der Waals surface area contributed by atoms with Gasteiger partial charge in [-0.05, 0) is 72.9 Å². The van der Waals surface area contributed by atoms with Crippen LogP contribution in [0.2, 0.25) is 0 Å². The zero-order valence-corrected chi connectivity index (χ0v) is 22.5. The Labute approximate surface area is 227 Å². The molecule has 0 amide bonds. The summed E-state index contributed by atoms with van der Waals surface area (Å²) in [7, 11) is -3.81. The van der Waals surface area contributed by atoms with Crippen LogP contribution in [-0.4, -0.2) is 47.0 Å². The van der Waals surface area contributed by atoms with E-state index in [2.05, 4.69) is 27.6 Å². The van der Waals surface area contributed by atoms with Crippen molar-refractivity contribution in [3.63, 3.8) is 0 Å². The normalized spacial score (nSPS) is 22.4. The summed E-state index contributed by atoms with van der Waals surface area (Å²) in [4.78, 5) is 1.37. The van der Waals surface area contributed by atoms with Gasteiger partial charge in [0.15, 0.2) is 0 Å². The van der Waals surface area contributed by atoms with Crippen LogP contribution in [0.3, 0.4) is 0 Å². The number of aryl methyl sites for hydroxylation is 2. The fraction of sp³-hybridized carbons (Fsp3) is 0.276. The van der Waals surface area contributed by atoms with Crippen LogP contribution in [0.15, 0.2) is 78.0 Å². The Balaban J connectivity index is 1.40. The third kappa shape index (κ3) is 4.15. The molecule has 0 radical (unpaired) electrons. The van der Waals surface area contributed by atoms with Crippen LogP contribution in [0.1, 0.15) is 35.1 Å². The Morgan fingerprint density at radius 3 is 2.56 bits per heavy atom. The predicted octanol–water partition coefficient (Wildman–Crippen LogP) is 4.84. The van der Waals surface area contributed by atoms with Crippen molar-refractivity contribution in [1.82, 2.24) is 19.3 Å². The first-order valence-electron chi connectivity index (χ1n) is 12.9. The summed E-state index contributed by atoms with van der Waals surface area (Å²) < 4.78 is 42.1. The molecule has 1 aromatic heterocycles. The fourth-order valence-corrected chi connectivity index (χ4v) is 7.61. The van der Waals surface area contributed by atoms with Gasteiger partial charge in [0.05, 0.1) is 12.7 Å². The van der Waals surface area contributed by atoms with Crippen molar-refractivity contribution in [2.45, 2.75) is 36.8 Å². The first-order chi connectivity index (χ1) is 18.8. The summed E-state index contributed by atoms with van der Waals surface area (Å²) in [5, 5.41) is 19.6. The molecule has 2 aliphatic rings. The third-order valence-electron chi connectivity index (χ3n) is 8.09. The largest absolute Gasteiger partial charge is 0.355 e. The van der Waals surface area contributed by atoms with Crippen LogP contribution < -0.4 is 5.32 Å². The Morgan fingerprint density at radius 1 is 1.15 bits per heavy atom. The molecule has 1 saturated carbocycles. The highest BCUT2D eigenvalue weighted by Gasteiger charge is 2.71. The van der Waals surface area contributed by atoms with E-state index in [4.69, 9.17) is 5.41 Å². The summed E-state index contributed by atoms with van der Waals surface area (Å²) >= 11 is 0. The number of fused-ring (bicyclic) bond motifs is 1. The monoisotopic (exact) mass is 544 g/mol. The molecule has 1 aliphatic heterocycles. The Bertz CT molecular complexity index is 1660. The highest BCUT2D eigenvalue weighted by molar-refractivity contribution is 7.89. The van der Waals surface area contributed by atoms with Crippen molar-refractivity contribution >= 4 is 27.6 Å². The number of hydrogen-bond donors (Lipinski definition) is 2. The Kier molecular flexibility index (Phi) is 6.11. The third-order valence-corrected chi connectivity index (χ3v) is 9.76. The van der Waals surface area contributed by atoms with Gasteiger partial charge >= 0.3 is 0 Å². The molecule has 0 spiro atoms. The molecule has 3 atom stereocenters. The van der Waals surface area contributed by atoms with E-state index in [9.17, 15) is 12.8 Å². The molecular formula is C29H29FN6O2S. The number of hydrogen-bond acceptors (Lipinski definition) is 6. The van der Waals surface area contributed by atoms with Crippen molar-refractivity contribution in [1.29, 1.82) is 5.41 Å². The quantitative estimate of drug-likeness (QED) is 0.309. The van der Waals surface area contributed by atoms with E-state index in [1.54, 1.807) is 12.1 Å². The fourth-order valence-electron chi connectivity index (χ4n) is 6.23. The van der Waals surface area contributed by atoms with E-state index in [1.165, 1.54) is 39.2 Å². The molecule has 10 heteroatoms. The molecule has 1 aliphatic carbocycles. The van der Waals surface area contributed by atoms with Crippen molar-refractivity contribution in [2.24, 2.45) is 5.92 Å². The molecule has 2 heterocycles. The summed E-state index contributed by atoms with van der Waals surface area (Å²) in [5.41, 5.74) is 4.94. The van der Waals surface area contributed by atoms with Gasteiger partial charge in [-0.25, -0.2) is 12.8 Å². The van der Waals surface area contributed by atoms with Gasteiger partial charge in [-0.15, -0.1) is 5.10 Å². The van der Waals surface area contributed by atoms with Crippen molar-refractivity contribution in [3.05, 3.63) is 101 Å². The topological polar surface area (TPSA) is 104 Å². The average molecular weight is 545 g/mol. The standard InChI is InChI=1S/C29H29FN6O2S/c1-3-36-32-16-27(34-36)39(37,38)35-17-25-28(20-7-5-4-6-8-20)29(25,18-35)24-14-21(15-31)26(13-19(24)2)33-23-11-9-22(30)10-12-23/h4-16,25,28,31,33H,3,17-18H2,1-2H3/t25-,28-,29+/m1/s1. The van der Waals surface area contributed by atoms with E-state index in [1.807, 2.05) is 44.2 Å². The number of anilines is 2. The zero-order valence-electron chi connectivity index (χ0n) is 21.7. The van der Waals surface area contributed by atoms with Gasteiger partial charge in [-0.2, -0.15) is 14.2 Å².